The average molecular weight is 166 g/mol. The molecule has 1 aromatic heterocycles. The lowest BCUT2D eigenvalue weighted by Gasteiger charge is -1.95. The summed E-state index contributed by atoms with van der Waals surface area (Å²) in [7, 11) is 1.22. The van der Waals surface area contributed by atoms with E-state index < -0.39 is 5.97 Å². The summed E-state index contributed by atoms with van der Waals surface area (Å²) in [6, 6.07) is 1.40. The number of carbonyl (C=O) groups is 2. The maximum atomic E-state index is 10.8. The van der Waals surface area contributed by atoms with Crippen LogP contribution in [0.3, 0.4) is 0 Å². The Morgan fingerprint density at radius 1 is 1.67 bits per heavy atom. The third kappa shape index (κ3) is 1.63. The fourth-order valence-electron chi connectivity index (χ4n) is 0.628. The van der Waals surface area contributed by atoms with E-state index >= 15 is 0 Å². The second-order valence-corrected chi connectivity index (χ2v) is 1.91. The summed E-state index contributed by atoms with van der Waals surface area (Å²) < 4.78 is 4.36. The Balaban J connectivity index is 3.01. The van der Waals surface area contributed by atoms with Crippen LogP contribution in [0.4, 0.5) is 0 Å². The zero-order valence-corrected chi connectivity index (χ0v) is 6.35. The molecule has 0 aliphatic rings. The molecule has 1 aromatic rings. The minimum absolute atomic E-state index is 0.109. The highest BCUT2D eigenvalue weighted by Crippen LogP contribution is 1.93. The molecule has 0 fully saturated rings. The topological polar surface area (TPSA) is 69.2 Å². The number of carbonyl (C=O) groups excluding carboxylic acids is 2. The molecule has 5 nitrogen and oxygen atoms in total. The third-order valence-corrected chi connectivity index (χ3v) is 1.17. The molecule has 12 heavy (non-hydrogen) atoms. The lowest BCUT2D eigenvalue weighted by Crippen LogP contribution is -2.08. The second kappa shape index (κ2) is 3.56. The van der Waals surface area contributed by atoms with Gasteiger partial charge >= 0.3 is 5.97 Å². The number of ether oxygens (including phenoxy) is 1. The van der Waals surface area contributed by atoms with Crippen LogP contribution in [0.1, 0.15) is 21.1 Å². The molecule has 1 heterocycles. The number of methoxy groups -OCH3 is 1. The lowest BCUT2D eigenvalue weighted by atomic mass is 10.4. The molecule has 0 saturated heterocycles. The van der Waals surface area contributed by atoms with Crippen LogP contribution in [-0.2, 0) is 4.74 Å². The number of nitrogens with zero attached hydrogens (tertiary/aromatic N) is 2. The highest BCUT2D eigenvalue weighted by molar-refractivity contribution is 5.86. The maximum Gasteiger partial charge on any atom is 0.376 e. The first-order valence-electron chi connectivity index (χ1n) is 3.14. The third-order valence-electron chi connectivity index (χ3n) is 1.17. The largest absolute Gasteiger partial charge is 0.463 e. The lowest BCUT2D eigenvalue weighted by molar-refractivity contribution is 0.0586. The van der Waals surface area contributed by atoms with Crippen LogP contribution in [0, 0.1) is 0 Å². The van der Waals surface area contributed by atoms with Gasteiger partial charge in [0.15, 0.2) is 6.29 Å². The highest BCUT2D eigenvalue weighted by atomic mass is 16.5. The SMILES string of the molecule is COC(=O)c1nccc(C=O)n1. The minimum atomic E-state index is -0.654. The van der Waals surface area contributed by atoms with E-state index in [-0.39, 0.29) is 11.5 Å². The summed E-state index contributed by atoms with van der Waals surface area (Å²) in [5.41, 5.74) is 0.158. The molecular formula is C7H6N2O3. The molecule has 0 aliphatic heterocycles. The van der Waals surface area contributed by atoms with E-state index in [4.69, 9.17) is 0 Å². The molecule has 0 spiro atoms. The maximum absolute atomic E-state index is 10.8. The Bertz CT molecular complexity index is 311. The van der Waals surface area contributed by atoms with E-state index in [1.807, 2.05) is 0 Å². The van der Waals surface area contributed by atoms with Gasteiger partial charge in [-0.1, -0.05) is 0 Å². The van der Waals surface area contributed by atoms with Crippen LogP contribution >= 0.6 is 0 Å². The first kappa shape index (κ1) is 8.32. The van der Waals surface area contributed by atoms with Crippen molar-refractivity contribution in [3.8, 4) is 0 Å². The van der Waals surface area contributed by atoms with Gasteiger partial charge in [0.05, 0.1) is 7.11 Å². The van der Waals surface area contributed by atoms with E-state index in [9.17, 15) is 9.59 Å². The van der Waals surface area contributed by atoms with E-state index in [2.05, 4.69) is 14.7 Å². The summed E-state index contributed by atoms with van der Waals surface area (Å²) in [6.45, 7) is 0. The van der Waals surface area contributed by atoms with E-state index in [0.717, 1.165) is 0 Å². The van der Waals surface area contributed by atoms with Crippen molar-refractivity contribution < 1.29 is 14.3 Å². The molecule has 0 bridgehead atoms. The molecule has 62 valence electrons. The van der Waals surface area contributed by atoms with Gasteiger partial charge in [-0.2, -0.15) is 0 Å². The van der Waals surface area contributed by atoms with Gasteiger partial charge in [0.2, 0.25) is 5.82 Å². The Morgan fingerprint density at radius 3 is 3.00 bits per heavy atom. The smallest absolute Gasteiger partial charge is 0.376 e. The Hall–Kier alpha value is -1.78. The van der Waals surface area contributed by atoms with E-state index in [0.29, 0.717) is 6.29 Å². The zero-order chi connectivity index (χ0) is 8.97. The fourth-order valence-corrected chi connectivity index (χ4v) is 0.628. The molecular weight excluding hydrogens is 160 g/mol. The van der Waals surface area contributed by atoms with Crippen molar-refractivity contribution in [2.24, 2.45) is 0 Å². The van der Waals surface area contributed by atoms with Gasteiger partial charge in [-0.15, -0.1) is 0 Å². The van der Waals surface area contributed by atoms with Gasteiger partial charge in [-0.25, -0.2) is 14.8 Å². The van der Waals surface area contributed by atoms with Crippen molar-refractivity contribution >= 4 is 12.3 Å². The fraction of sp³-hybridized carbons (Fsp3) is 0.143. The predicted molar refractivity (Wildman–Crippen MR) is 38.8 cm³/mol. The normalized spacial score (nSPS) is 9.08. The van der Waals surface area contributed by atoms with Crippen LogP contribution in [0.25, 0.3) is 0 Å². The first-order chi connectivity index (χ1) is 5.77. The molecule has 0 N–H and O–H groups in total. The number of rotatable bonds is 2. The van der Waals surface area contributed by atoms with Gasteiger partial charge in [-0.05, 0) is 6.07 Å². The second-order valence-electron chi connectivity index (χ2n) is 1.91. The van der Waals surface area contributed by atoms with Crippen molar-refractivity contribution in [3.05, 3.63) is 23.8 Å². The highest BCUT2D eigenvalue weighted by Gasteiger charge is 2.08. The van der Waals surface area contributed by atoms with Crippen LogP contribution < -0.4 is 0 Å². The molecule has 0 radical (unpaired) electrons. The molecule has 0 saturated carbocycles. The summed E-state index contributed by atoms with van der Waals surface area (Å²) in [6.07, 6.45) is 1.86. The van der Waals surface area contributed by atoms with Crippen LogP contribution in [0.5, 0.6) is 0 Å². The van der Waals surface area contributed by atoms with Gasteiger partial charge in [0.25, 0.3) is 0 Å². The van der Waals surface area contributed by atoms with Crippen molar-refractivity contribution in [1.82, 2.24) is 9.97 Å². The molecule has 0 unspecified atom stereocenters. The molecule has 0 atom stereocenters. The molecule has 0 amide bonds. The summed E-state index contributed by atoms with van der Waals surface area (Å²) >= 11 is 0. The van der Waals surface area contributed by atoms with Crippen molar-refractivity contribution in [2.45, 2.75) is 0 Å². The van der Waals surface area contributed by atoms with Crippen LogP contribution in [-0.4, -0.2) is 29.3 Å². The molecule has 0 aromatic carbocycles. The molecule has 0 aliphatic carbocycles. The number of esters is 1. The van der Waals surface area contributed by atoms with Gasteiger partial charge in [-0.3, -0.25) is 4.79 Å². The Kier molecular flexibility index (Phi) is 2.47. The average Bonchev–Trinajstić information content (AvgIpc) is 2.17. The summed E-state index contributed by atoms with van der Waals surface area (Å²) in [4.78, 5) is 28.3. The molecule has 5 heteroatoms. The van der Waals surface area contributed by atoms with E-state index in [1.54, 1.807) is 0 Å². The van der Waals surface area contributed by atoms with Crippen LogP contribution in [0.2, 0.25) is 0 Å². The van der Waals surface area contributed by atoms with Crippen molar-refractivity contribution in [2.75, 3.05) is 7.11 Å². The Labute approximate surface area is 68.4 Å². The zero-order valence-electron chi connectivity index (χ0n) is 6.35. The van der Waals surface area contributed by atoms with Crippen molar-refractivity contribution in [3.63, 3.8) is 0 Å². The van der Waals surface area contributed by atoms with E-state index in [1.165, 1.54) is 19.4 Å². The van der Waals surface area contributed by atoms with Gasteiger partial charge in [0.1, 0.15) is 5.69 Å². The van der Waals surface area contributed by atoms with Crippen LogP contribution in [0.15, 0.2) is 12.3 Å². The monoisotopic (exact) mass is 166 g/mol. The quantitative estimate of drug-likeness (QED) is 0.459. The number of hydrogen-bond acceptors (Lipinski definition) is 5. The predicted octanol–water partition coefficient (Wildman–Crippen LogP) is 0.0757. The standard InChI is InChI=1S/C7H6N2O3/c1-12-7(11)6-8-3-2-5(4-10)9-6/h2-4H,1H3. The number of aldehydes is 1. The van der Waals surface area contributed by atoms with Gasteiger partial charge in [0, 0.05) is 6.20 Å². The first-order valence-corrected chi connectivity index (χ1v) is 3.14. The summed E-state index contributed by atoms with van der Waals surface area (Å²) in [5, 5.41) is 0. The Morgan fingerprint density at radius 2 is 2.42 bits per heavy atom. The number of aromatic nitrogens is 2. The minimum Gasteiger partial charge on any atom is -0.463 e. The summed E-state index contributed by atoms with van der Waals surface area (Å²) in [5.74, 6) is -0.763. The molecule has 1 rings (SSSR count). The van der Waals surface area contributed by atoms with Crippen molar-refractivity contribution in [1.29, 1.82) is 0 Å². The van der Waals surface area contributed by atoms with Gasteiger partial charge < -0.3 is 4.74 Å². The number of hydrogen-bond donors (Lipinski definition) is 0.